The number of aromatic nitrogens is 5. The smallest absolute Gasteiger partial charge is 0.288 e. The molecule has 3 rings (SSSR count). The molecule has 0 spiro atoms. The average Bonchev–Trinajstić information content (AvgIpc) is 3.16. The van der Waals surface area contributed by atoms with Gasteiger partial charge in [-0.25, -0.2) is 9.67 Å². The molecule has 1 aliphatic heterocycles. The third kappa shape index (κ3) is 3.55. The predicted molar refractivity (Wildman–Crippen MR) is 80.5 cm³/mol. The number of likely N-dealkylation sites (tertiary alicyclic amines) is 1. The van der Waals surface area contributed by atoms with Gasteiger partial charge in [-0.15, -0.1) is 5.10 Å². The Hall–Kier alpha value is -2.29. The summed E-state index contributed by atoms with van der Waals surface area (Å²) in [5.74, 6) is 1.04. The van der Waals surface area contributed by atoms with Gasteiger partial charge in [0.25, 0.3) is 5.91 Å². The van der Waals surface area contributed by atoms with Gasteiger partial charge >= 0.3 is 0 Å². The van der Waals surface area contributed by atoms with Crippen LogP contribution >= 0.6 is 0 Å². The van der Waals surface area contributed by atoms with Crippen LogP contribution in [-0.4, -0.2) is 48.8 Å². The van der Waals surface area contributed by atoms with Crippen LogP contribution in [0.2, 0.25) is 0 Å². The van der Waals surface area contributed by atoms with E-state index < -0.39 is 5.91 Å². The minimum absolute atomic E-state index is 0.0573. The first kappa shape index (κ1) is 15.6. The number of nitrogens with zero attached hydrogens (tertiary/aromatic N) is 6. The molecule has 2 aromatic heterocycles. The number of nitrogens with two attached hydrogens (primary N) is 1. The third-order valence-corrected chi connectivity index (χ3v) is 3.93. The molecule has 1 saturated heterocycles. The van der Waals surface area contributed by atoms with Crippen LogP contribution in [0.25, 0.3) is 0 Å². The number of rotatable bonds is 5. The van der Waals surface area contributed by atoms with Crippen molar-refractivity contribution in [2.45, 2.75) is 45.2 Å². The SMILES string of the molecule is CC(C)c1nc(CN2CCC[C@@H](n3cnc(C(N)=O)n3)C2)no1. The second kappa shape index (κ2) is 6.45. The van der Waals surface area contributed by atoms with Crippen LogP contribution in [0.15, 0.2) is 10.9 Å². The van der Waals surface area contributed by atoms with Gasteiger partial charge in [0, 0.05) is 12.5 Å². The maximum Gasteiger partial charge on any atom is 0.288 e. The molecule has 3 heterocycles. The normalized spacial score (nSPS) is 19.3. The molecule has 2 aromatic rings. The Balaban J connectivity index is 1.64. The first-order chi connectivity index (χ1) is 11.0. The van der Waals surface area contributed by atoms with E-state index in [2.05, 4.69) is 25.1 Å². The van der Waals surface area contributed by atoms with Gasteiger partial charge in [0.05, 0.1) is 12.6 Å². The van der Waals surface area contributed by atoms with Crippen LogP contribution in [0.3, 0.4) is 0 Å². The van der Waals surface area contributed by atoms with Crippen molar-refractivity contribution < 1.29 is 9.32 Å². The van der Waals surface area contributed by atoms with Crippen molar-refractivity contribution in [1.82, 2.24) is 29.8 Å². The zero-order valence-corrected chi connectivity index (χ0v) is 13.3. The van der Waals surface area contributed by atoms with E-state index in [0.29, 0.717) is 18.3 Å². The molecule has 1 atom stereocenters. The Labute approximate surface area is 133 Å². The summed E-state index contributed by atoms with van der Waals surface area (Å²) in [6.07, 6.45) is 3.59. The zero-order chi connectivity index (χ0) is 16.4. The Morgan fingerprint density at radius 2 is 2.35 bits per heavy atom. The fourth-order valence-corrected chi connectivity index (χ4v) is 2.72. The van der Waals surface area contributed by atoms with E-state index in [4.69, 9.17) is 10.3 Å². The highest BCUT2D eigenvalue weighted by atomic mass is 16.5. The fraction of sp³-hybridized carbons (Fsp3) is 0.643. The maximum absolute atomic E-state index is 11.1. The second-order valence-electron chi connectivity index (χ2n) is 6.15. The lowest BCUT2D eigenvalue weighted by atomic mass is 10.1. The molecule has 23 heavy (non-hydrogen) atoms. The Morgan fingerprint density at radius 1 is 1.52 bits per heavy atom. The Kier molecular flexibility index (Phi) is 4.37. The van der Waals surface area contributed by atoms with E-state index in [9.17, 15) is 4.79 Å². The largest absolute Gasteiger partial charge is 0.363 e. The zero-order valence-electron chi connectivity index (χ0n) is 13.3. The van der Waals surface area contributed by atoms with Crippen molar-refractivity contribution in [3.63, 3.8) is 0 Å². The Morgan fingerprint density at radius 3 is 3.00 bits per heavy atom. The molecule has 1 fully saturated rings. The topological polar surface area (TPSA) is 116 Å². The molecular formula is C14H21N7O2. The van der Waals surface area contributed by atoms with E-state index in [1.807, 2.05) is 13.8 Å². The van der Waals surface area contributed by atoms with E-state index in [-0.39, 0.29) is 17.8 Å². The number of primary amides is 1. The highest BCUT2D eigenvalue weighted by molar-refractivity contribution is 5.88. The van der Waals surface area contributed by atoms with Gasteiger partial charge in [0.15, 0.2) is 5.82 Å². The number of hydrogen-bond acceptors (Lipinski definition) is 7. The van der Waals surface area contributed by atoms with E-state index in [1.165, 1.54) is 0 Å². The number of hydrogen-bond donors (Lipinski definition) is 1. The van der Waals surface area contributed by atoms with Crippen LogP contribution in [-0.2, 0) is 6.54 Å². The molecular weight excluding hydrogens is 298 g/mol. The molecule has 0 saturated carbocycles. The first-order valence-corrected chi connectivity index (χ1v) is 7.78. The van der Waals surface area contributed by atoms with Crippen molar-refractivity contribution >= 4 is 5.91 Å². The van der Waals surface area contributed by atoms with E-state index in [1.54, 1.807) is 11.0 Å². The summed E-state index contributed by atoms with van der Waals surface area (Å²) in [6, 6.07) is 0.167. The summed E-state index contributed by atoms with van der Waals surface area (Å²) in [5, 5.41) is 8.19. The quantitative estimate of drug-likeness (QED) is 0.863. The van der Waals surface area contributed by atoms with Gasteiger partial charge in [-0.3, -0.25) is 9.69 Å². The first-order valence-electron chi connectivity index (χ1n) is 7.78. The number of carbonyl (C=O) groups excluding carboxylic acids is 1. The molecule has 9 nitrogen and oxygen atoms in total. The molecule has 9 heteroatoms. The van der Waals surface area contributed by atoms with Gasteiger partial charge < -0.3 is 10.3 Å². The standard InChI is InChI=1S/C14H21N7O2/c1-9(2)14-17-11(19-23-14)7-20-5-3-4-10(6-20)21-8-16-13(18-21)12(15)22/h8-10H,3-7H2,1-2H3,(H2,15,22)/t10-/m1/s1. The fourth-order valence-electron chi connectivity index (χ4n) is 2.72. The van der Waals surface area contributed by atoms with Gasteiger partial charge in [-0.05, 0) is 19.4 Å². The van der Waals surface area contributed by atoms with Gasteiger partial charge in [-0.2, -0.15) is 4.98 Å². The van der Waals surface area contributed by atoms with Crippen molar-refractivity contribution in [1.29, 1.82) is 0 Å². The minimum atomic E-state index is -0.607. The third-order valence-electron chi connectivity index (χ3n) is 3.93. The summed E-state index contributed by atoms with van der Waals surface area (Å²) in [4.78, 5) is 21.7. The summed E-state index contributed by atoms with van der Waals surface area (Å²) in [6.45, 7) is 6.46. The molecule has 0 bridgehead atoms. The van der Waals surface area contributed by atoms with Crippen LogP contribution in [0.1, 0.15) is 61.0 Å². The molecule has 0 radical (unpaired) electrons. The summed E-state index contributed by atoms with van der Waals surface area (Å²) in [5.41, 5.74) is 5.20. The van der Waals surface area contributed by atoms with Gasteiger partial charge in [0.2, 0.25) is 11.7 Å². The second-order valence-corrected chi connectivity index (χ2v) is 6.15. The minimum Gasteiger partial charge on any atom is -0.363 e. The average molecular weight is 319 g/mol. The van der Waals surface area contributed by atoms with E-state index in [0.717, 1.165) is 25.9 Å². The van der Waals surface area contributed by atoms with Gasteiger partial charge in [-0.1, -0.05) is 19.0 Å². The molecule has 124 valence electrons. The number of carbonyl (C=O) groups is 1. The van der Waals surface area contributed by atoms with Gasteiger partial charge in [0.1, 0.15) is 6.33 Å². The molecule has 2 N–H and O–H groups in total. The predicted octanol–water partition coefficient (Wildman–Crippen LogP) is 0.720. The highest BCUT2D eigenvalue weighted by Crippen LogP contribution is 2.22. The number of amides is 1. The maximum atomic E-state index is 11.1. The monoisotopic (exact) mass is 319 g/mol. The van der Waals surface area contributed by atoms with Crippen molar-refractivity contribution in [2.75, 3.05) is 13.1 Å². The molecule has 0 unspecified atom stereocenters. The van der Waals surface area contributed by atoms with Crippen molar-refractivity contribution in [3.8, 4) is 0 Å². The molecule has 0 aliphatic carbocycles. The van der Waals surface area contributed by atoms with Crippen LogP contribution < -0.4 is 5.73 Å². The summed E-state index contributed by atoms with van der Waals surface area (Å²) >= 11 is 0. The summed E-state index contributed by atoms with van der Waals surface area (Å²) < 4.78 is 6.97. The molecule has 1 amide bonds. The van der Waals surface area contributed by atoms with Crippen molar-refractivity contribution in [2.24, 2.45) is 5.73 Å². The van der Waals surface area contributed by atoms with Crippen LogP contribution in [0.5, 0.6) is 0 Å². The number of piperidine rings is 1. The van der Waals surface area contributed by atoms with E-state index >= 15 is 0 Å². The lowest BCUT2D eigenvalue weighted by Crippen LogP contribution is -2.36. The Bertz CT molecular complexity index is 678. The molecule has 0 aromatic carbocycles. The highest BCUT2D eigenvalue weighted by Gasteiger charge is 2.24. The summed E-state index contributed by atoms with van der Waals surface area (Å²) in [7, 11) is 0. The lowest BCUT2D eigenvalue weighted by Gasteiger charge is -2.31. The van der Waals surface area contributed by atoms with Crippen LogP contribution in [0, 0.1) is 0 Å². The lowest BCUT2D eigenvalue weighted by molar-refractivity contribution is 0.0988. The molecule has 1 aliphatic rings. The van der Waals surface area contributed by atoms with Crippen molar-refractivity contribution in [3.05, 3.63) is 23.9 Å². The van der Waals surface area contributed by atoms with Crippen LogP contribution in [0.4, 0.5) is 0 Å².